The monoisotopic (exact) mass is 548 g/mol. The van der Waals surface area contributed by atoms with Crippen LogP contribution in [0.4, 0.5) is 5.69 Å². The molecule has 37 heavy (non-hydrogen) atoms. The van der Waals surface area contributed by atoms with Crippen molar-refractivity contribution in [2.75, 3.05) is 12.4 Å². The molecule has 0 heterocycles. The molecule has 0 spiro atoms. The highest BCUT2D eigenvalue weighted by atomic mass is 35.5. The van der Waals surface area contributed by atoms with E-state index in [1.807, 2.05) is 0 Å². The Hall–Kier alpha value is -3.10. The van der Waals surface area contributed by atoms with Gasteiger partial charge in [0.05, 0.1) is 23.1 Å². The van der Waals surface area contributed by atoms with E-state index in [1.54, 1.807) is 51.1 Å². The number of halogens is 2. The molecule has 3 atom stereocenters. The van der Waals surface area contributed by atoms with Gasteiger partial charge >= 0.3 is 11.9 Å². The number of carbonyl (C=O) groups excluding carboxylic acids is 3. The molecule has 0 saturated heterocycles. The zero-order chi connectivity index (χ0) is 27.5. The Bertz CT molecular complexity index is 1210. The van der Waals surface area contributed by atoms with Crippen LogP contribution in [0.1, 0.15) is 49.5 Å². The van der Waals surface area contributed by atoms with E-state index in [4.69, 9.17) is 27.9 Å². The summed E-state index contributed by atoms with van der Waals surface area (Å²) in [6.45, 7) is 5.20. The summed E-state index contributed by atoms with van der Waals surface area (Å²) in [4.78, 5) is 50.1. The largest absolute Gasteiger partial charge is 0.481 e. The van der Waals surface area contributed by atoms with Gasteiger partial charge in [-0.25, -0.2) is 4.79 Å². The van der Waals surface area contributed by atoms with E-state index < -0.39 is 40.6 Å². The number of nitrogens with one attached hydrogen (secondary N) is 2. The molecule has 0 radical (unpaired) electrons. The van der Waals surface area contributed by atoms with Crippen molar-refractivity contribution >= 4 is 52.6 Å². The third-order valence-corrected chi connectivity index (χ3v) is 8.21. The first-order valence-electron chi connectivity index (χ1n) is 11.8. The van der Waals surface area contributed by atoms with Crippen molar-refractivity contribution < 1.29 is 29.0 Å². The molecule has 2 unspecified atom stereocenters. The van der Waals surface area contributed by atoms with Crippen molar-refractivity contribution in [3.05, 3.63) is 63.6 Å². The third-order valence-electron chi connectivity index (χ3n) is 7.64. The molecule has 2 amide bonds. The summed E-state index contributed by atoms with van der Waals surface area (Å²) < 4.78 is 4.90. The highest BCUT2D eigenvalue weighted by Gasteiger charge is 2.58. The highest BCUT2D eigenvalue weighted by molar-refractivity contribution is 6.36. The van der Waals surface area contributed by atoms with Crippen molar-refractivity contribution in [1.29, 1.82) is 0 Å². The van der Waals surface area contributed by atoms with E-state index in [2.05, 4.69) is 10.6 Å². The topological polar surface area (TPSA) is 122 Å². The Kier molecular flexibility index (Phi) is 8.55. The summed E-state index contributed by atoms with van der Waals surface area (Å²) in [5, 5.41) is 15.9. The number of amides is 2. The number of benzene rings is 2. The molecule has 198 valence electrons. The predicted octanol–water partition coefficient (Wildman–Crippen LogP) is 4.97. The first kappa shape index (κ1) is 28.5. The SMILES string of the molecule is COC(=O)[C@H](Cc1ccc(NC(=O)c2cc(Cl)ccc2Cl)cc1)NC(=O)C1CCC(C)(C(=O)O)C1(C)C. The molecule has 2 aromatic carbocycles. The minimum atomic E-state index is -1.05. The van der Waals surface area contributed by atoms with Gasteiger partial charge in [0.15, 0.2) is 0 Å². The molecule has 0 bridgehead atoms. The lowest BCUT2D eigenvalue weighted by molar-refractivity contribution is -0.156. The van der Waals surface area contributed by atoms with Crippen LogP contribution in [0.25, 0.3) is 0 Å². The maximum Gasteiger partial charge on any atom is 0.328 e. The molecule has 0 aliphatic heterocycles. The van der Waals surface area contributed by atoms with Crippen molar-refractivity contribution in [3.8, 4) is 0 Å². The Morgan fingerprint density at radius 1 is 1.08 bits per heavy atom. The summed E-state index contributed by atoms with van der Waals surface area (Å²) in [6.07, 6.45) is 0.917. The zero-order valence-corrected chi connectivity index (χ0v) is 22.6. The normalized spacial score (nSPS) is 21.1. The summed E-state index contributed by atoms with van der Waals surface area (Å²) >= 11 is 12.1. The van der Waals surface area contributed by atoms with Crippen LogP contribution in [-0.2, 0) is 25.5 Å². The van der Waals surface area contributed by atoms with Crippen LogP contribution in [0.3, 0.4) is 0 Å². The summed E-state index contributed by atoms with van der Waals surface area (Å²) in [7, 11) is 1.24. The molecule has 3 N–H and O–H groups in total. The first-order valence-corrected chi connectivity index (χ1v) is 12.5. The molecule has 8 nitrogen and oxygen atoms in total. The Balaban J connectivity index is 1.70. The summed E-state index contributed by atoms with van der Waals surface area (Å²) in [5.41, 5.74) is -0.402. The number of ether oxygens (including phenoxy) is 1. The molecular formula is C27H30Cl2N2O6. The summed E-state index contributed by atoms with van der Waals surface area (Å²) in [5.74, 6) is -2.93. The van der Waals surface area contributed by atoms with Crippen LogP contribution in [-0.4, -0.2) is 42.0 Å². The van der Waals surface area contributed by atoms with Crippen LogP contribution in [0.2, 0.25) is 10.0 Å². The number of esters is 1. The molecular weight excluding hydrogens is 519 g/mol. The fourth-order valence-corrected chi connectivity index (χ4v) is 5.16. The predicted molar refractivity (Wildman–Crippen MR) is 141 cm³/mol. The van der Waals surface area contributed by atoms with Gasteiger partial charge in [0.1, 0.15) is 6.04 Å². The van der Waals surface area contributed by atoms with Gasteiger partial charge in [0.25, 0.3) is 5.91 Å². The van der Waals surface area contributed by atoms with Crippen LogP contribution < -0.4 is 10.6 Å². The molecule has 1 aliphatic carbocycles. The standard InChI is InChI=1S/C27H30Cl2N2O6/c1-26(2)19(11-12-27(26,3)25(35)36)23(33)31-21(24(34)37-4)13-15-5-8-17(9-6-15)30-22(32)18-14-16(28)7-10-20(18)29/h5-10,14,19,21H,11-13H2,1-4H3,(H,30,32)(H,31,33)(H,35,36)/t19?,21-,27?/m0/s1. The minimum Gasteiger partial charge on any atom is -0.481 e. The number of carboxylic acids is 1. The minimum absolute atomic E-state index is 0.149. The van der Waals surface area contributed by atoms with Gasteiger partial charge in [-0.2, -0.15) is 0 Å². The smallest absolute Gasteiger partial charge is 0.328 e. The number of carbonyl (C=O) groups is 4. The van der Waals surface area contributed by atoms with Crippen molar-refractivity contribution in [2.24, 2.45) is 16.7 Å². The third kappa shape index (κ3) is 5.91. The molecule has 1 fully saturated rings. The average Bonchev–Trinajstić information content (AvgIpc) is 3.10. The lowest BCUT2D eigenvalue weighted by atomic mass is 9.65. The second-order valence-corrected chi connectivity index (χ2v) is 10.9. The van der Waals surface area contributed by atoms with E-state index in [-0.39, 0.29) is 22.9 Å². The fourth-order valence-electron chi connectivity index (χ4n) is 4.78. The molecule has 0 aromatic heterocycles. The maximum atomic E-state index is 13.2. The van der Waals surface area contributed by atoms with Crippen LogP contribution in [0, 0.1) is 16.7 Å². The Labute approximate surface area is 225 Å². The number of anilines is 1. The maximum absolute atomic E-state index is 13.2. The Morgan fingerprint density at radius 2 is 1.73 bits per heavy atom. The molecule has 10 heteroatoms. The quantitative estimate of drug-likeness (QED) is 0.400. The van der Waals surface area contributed by atoms with Gasteiger partial charge in [0, 0.05) is 23.0 Å². The van der Waals surface area contributed by atoms with Gasteiger partial charge in [-0.1, -0.05) is 49.2 Å². The Morgan fingerprint density at radius 3 is 2.30 bits per heavy atom. The molecule has 1 aliphatic rings. The number of carboxylic acid groups (broad SMARTS) is 1. The van der Waals surface area contributed by atoms with Crippen molar-refractivity contribution in [1.82, 2.24) is 5.32 Å². The van der Waals surface area contributed by atoms with E-state index in [0.717, 1.165) is 5.56 Å². The van der Waals surface area contributed by atoms with Crippen molar-refractivity contribution in [2.45, 2.75) is 46.1 Å². The van der Waals surface area contributed by atoms with E-state index in [0.29, 0.717) is 23.6 Å². The van der Waals surface area contributed by atoms with E-state index in [9.17, 15) is 24.3 Å². The van der Waals surface area contributed by atoms with Gasteiger partial charge in [0.2, 0.25) is 5.91 Å². The number of aliphatic carboxylic acids is 1. The second kappa shape index (κ2) is 11.1. The number of hydrogen-bond acceptors (Lipinski definition) is 5. The molecule has 1 saturated carbocycles. The molecule has 2 aromatic rings. The number of rotatable bonds is 8. The van der Waals surface area contributed by atoms with Gasteiger partial charge in [-0.15, -0.1) is 0 Å². The van der Waals surface area contributed by atoms with Gasteiger partial charge in [-0.3, -0.25) is 14.4 Å². The lowest BCUT2D eigenvalue weighted by Gasteiger charge is -2.38. The molecule has 3 rings (SSSR count). The van der Waals surface area contributed by atoms with Gasteiger partial charge in [-0.05, 0) is 61.1 Å². The highest BCUT2D eigenvalue weighted by Crippen LogP contribution is 2.56. The van der Waals surface area contributed by atoms with E-state index >= 15 is 0 Å². The second-order valence-electron chi connectivity index (χ2n) is 10.0. The van der Waals surface area contributed by atoms with Crippen LogP contribution in [0.15, 0.2) is 42.5 Å². The van der Waals surface area contributed by atoms with Crippen LogP contribution in [0.5, 0.6) is 0 Å². The van der Waals surface area contributed by atoms with Crippen molar-refractivity contribution in [3.63, 3.8) is 0 Å². The summed E-state index contributed by atoms with van der Waals surface area (Å²) in [6, 6.07) is 10.4. The lowest BCUT2D eigenvalue weighted by Crippen LogP contribution is -2.50. The fraction of sp³-hybridized carbons (Fsp3) is 0.407. The van der Waals surface area contributed by atoms with E-state index in [1.165, 1.54) is 19.2 Å². The average molecular weight is 549 g/mol. The van der Waals surface area contributed by atoms with Gasteiger partial charge < -0.3 is 20.5 Å². The first-order chi connectivity index (χ1) is 17.3. The number of methoxy groups -OCH3 is 1. The zero-order valence-electron chi connectivity index (χ0n) is 21.1. The number of hydrogen-bond donors (Lipinski definition) is 3. The van der Waals surface area contributed by atoms with Crippen LogP contribution >= 0.6 is 23.2 Å².